The zero-order valence-corrected chi connectivity index (χ0v) is 5.61. The van der Waals surface area contributed by atoms with Crippen molar-refractivity contribution in [2.24, 2.45) is 0 Å². The fourth-order valence-corrected chi connectivity index (χ4v) is 0.659. The van der Waals surface area contributed by atoms with Crippen LogP contribution in [0.1, 0.15) is 12.5 Å². The lowest BCUT2D eigenvalue weighted by Gasteiger charge is -1.87. The highest BCUT2D eigenvalue weighted by Gasteiger charge is 1.88. The van der Waals surface area contributed by atoms with Crippen LogP contribution in [0, 0.1) is 23.7 Å². The summed E-state index contributed by atoms with van der Waals surface area (Å²) < 4.78 is 12.4. The summed E-state index contributed by atoms with van der Waals surface area (Å²) in [5.41, 5.74) is 0.669. The van der Waals surface area contributed by atoms with Crippen LogP contribution in [0.4, 0.5) is 4.39 Å². The van der Waals surface area contributed by atoms with E-state index in [1.54, 1.807) is 13.0 Å². The van der Waals surface area contributed by atoms with Crippen LogP contribution in [0.25, 0.3) is 0 Å². The topological polar surface area (TPSA) is 0 Å². The molecule has 1 aromatic carbocycles. The van der Waals surface area contributed by atoms with Crippen molar-refractivity contribution in [1.29, 1.82) is 0 Å². The first-order chi connectivity index (χ1) is 4.83. The maximum atomic E-state index is 12.4. The number of halogens is 1. The molecule has 1 heteroatoms. The molecule has 0 bridgehead atoms. The number of rotatable bonds is 0. The van der Waals surface area contributed by atoms with Gasteiger partial charge < -0.3 is 0 Å². The lowest BCUT2D eigenvalue weighted by atomic mass is 10.2. The second kappa shape index (κ2) is 3.03. The lowest BCUT2D eigenvalue weighted by molar-refractivity contribution is 0.627. The van der Waals surface area contributed by atoms with Gasteiger partial charge >= 0.3 is 0 Å². The van der Waals surface area contributed by atoms with Gasteiger partial charge in [-0.15, -0.1) is 5.92 Å². The highest BCUT2D eigenvalue weighted by atomic mass is 19.1. The molecule has 0 heterocycles. The minimum absolute atomic E-state index is 0.291. The van der Waals surface area contributed by atoms with Crippen molar-refractivity contribution in [2.75, 3.05) is 0 Å². The quantitative estimate of drug-likeness (QED) is 0.475. The second-order valence-electron chi connectivity index (χ2n) is 1.81. The molecule has 1 radical (unpaired) electrons. The molecule has 0 saturated heterocycles. The Labute approximate surface area is 59.7 Å². The molecule has 49 valence electrons. The molecular formula is C9H6F. The predicted octanol–water partition coefficient (Wildman–Crippen LogP) is 2.00. The molecule has 0 amide bonds. The summed E-state index contributed by atoms with van der Waals surface area (Å²) in [6.07, 6.45) is 0. The van der Waals surface area contributed by atoms with Gasteiger partial charge in [0.15, 0.2) is 0 Å². The van der Waals surface area contributed by atoms with Gasteiger partial charge in [0.1, 0.15) is 5.82 Å². The Morgan fingerprint density at radius 2 is 2.30 bits per heavy atom. The van der Waals surface area contributed by atoms with Crippen LogP contribution in [0.15, 0.2) is 18.2 Å². The van der Waals surface area contributed by atoms with Crippen LogP contribution >= 0.6 is 0 Å². The van der Waals surface area contributed by atoms with E-state index in [4.69, 9.17) is 0 Å². The third kappa shape index (κ3) is 1.60. The van der Waals surface area contributed by atoms with E-state index >= 15 is 0 Å². The van der Waals surface area contributed by atoms with E-state index in [1.807, 2.05) is 0 Å². The van der Waals surface area contributed by atoms with Crippen LogP contribution in [-0.2, 0) is 0 Å². The number of hydrogen-bond acceptors (Lipinski definition) is 0. The molecular weight excluding hydrogens is 127 g/mol. The second-order valence-corrected chi connectivity index (χ2v) is 1.81. The largest absolute Gasteiger partial charge is 0.207 e. The molecule has 0 aromatic heterocycles. The Kier molecular flexibility index (Phi) is 2.07. The van der Waals surface area contributed by atoms with E-state index < -0.39 is 0 Å². The Hall–Kier alpha value is -1.29. The smallest absolute Gasteiger partial charge is 0.125 e. The minimum atomic E-state index is -0.291. The molecule has 10 heavy (non-hydrogen) atoms. The molecule has 0 spiro atoms. The van der Waals surface area contributed by atoms with Crippen LogP contribution in [0.2, 0.25) is 0 Å². The molecule has 0 aliphatic carbocycles. The van der Waals surface area contributed by atoms with E-state index in [2.05, 4.69) is 17.9 Å². The van der Waals surface area contributed by atoms with E-state index in [1.165, 1.54) is 12.1 Å². The Morgan fingerprint density at radius 1 is 1.50 bits per heavy atom. The van der Waals surface area contributed by atoms with Gasteiger partial charge in [0.25, 0.3) is 0 Å². The van der Waals surface area contributed by atoms with Crippen molar-refractivity contribution >= 4 is 0 Å². The molecule has 0 saturated carbocycles. The third-order valence-corrected chi connectivity index (χ3v) is 1.02. The number of benzene rings is 1. The molecule has 0 unspecified atom stereocenters. The maximum Gasteiger partial charge on any atom is 0.125 e. The monoisotopic (exact) mass is 133 g/mol. The molecule has 0 N–H and O–H groups in total. The van der Waals surface area contributed by atoms with Gasteiger partial charge in [-0.2, -0.15) is 0 Å². The van der Waals surface area contributed by atoms with E-state index in [0.717, 1.165) is 0 Å². The van der Waals surface area contributed by atoms with Gasteiger partial charge in [-0.25, -0.2) is 4.39 Å². The lowest BCUT2D eigenvalue weighted by Crippen LogP contribution is -1.76. The summed E-state index contributed by atoms with van der Waals surface area (Å²) in [6, 6.07) is 6.95. The van der Waals surface area contributed by atoms with Gasteiger partial charge in [-0.1, -0.05) is 5.92 Å². The standard InChI is InChI=1S/C9H6F/c1-2-4-8-5-3-6-9(10)7-8/h5-7H,1H3. The molecule has 0 aliphatic rings. The summed E-state index contributed by atoms with van der Waals surface area (Å²) in [7, 11) is 0. The third-order valence-electron chi connectivity index (χ3n) is 1.02. The van der Waals surface area contributed by atoms with Crippen molar-refractivity contribution in [3.05, 3.63) is 35.6 Å². The van der Waals surface area contributed by atoms with Gasteiger partial charge in [0, 0.05) is 5.56 Å². The minimum Gasteiger partial charge on any atom is -0.207 e. The Bertz CT molecular complexity index is 278. The summed E-state index contributed by atoms with van der Waals surface area (Å²) in [5, 5.41) is 0. The zero-order valence-electron chi connectivity index (χ0n) is 5.61. The van der Waals surface area contributed by atoms with E-state index in [9.17, 15) is 4.39 Å². The van der Waals surface area contributed by atoms with Crippen LogP contribution in [0.3, 0.4) is 0 Å². The first-order valence-electron chi connectivity index (χ1n) is 2.92. The highest BCUT2D eigenvalue weighted by molar-refractivity contribution is 5.33. The summed E-state index contributed by atoms with van der Waals surface area (Å²) >= 11 is 0. The SMILES string of the molecule is CC#Cc1c[c]cc(F)c1. The van der Waals surface area contributed by atoms with Crippen LogP contribution in [0.5, 0.6) is 0 Å². The molecule has 1 aromatic rings. The summed E-state index contributed by atoms with van der Waals surface area (Å²) in [4.78, 5) is 0. The summed E-state index contributed by atoms with van der Waals surface area (Å²) in [5.74, 6) is 5.11. The average molecular weight is 133 g/mol. The van der Waals surface area contributed by atoms with E-state index in [0.29, 0.717) is 5.56 Å². The average Bonchev–Trinajstić information content (AvgIpc) is 1.88. The van der Waals surface area contributed by atoms with E-state index in [-0.39, 0.29) is 5.82 Å². The first kappa shape index (κ1) is 6.82. The van der Waals surface area contributed by atoms with Gasteiger partial charge in [0.05, 0.1) is 0 Å². The van der Waals surface area contributed by atoms with Crippen molar-refractivity contribution < 1.29 is 4.39 Å². The van der Waals surface area contributed by atoms with Crippen molar-refractivity contribution in [2.45, 2.75) is 6.92 Å². The van der Waals surface area contributed by atoms with Gasteiger partial charge in [0.2, 0.25) is 0 Å². The van der Waals surface area contributed by atoms with Crippen molar-refractivity contribution in [1.82, 2.24) is 0 Å². The van der Waals surface area contributed by atoms with Crippen molar-refractivity contribution in [3.8, 4) is 11.8 Å². The van der Waals surface area contributed by atoms with Gasteiger partial charge in [-0.3, -0.25) is 0 Å². The zero-order chi connectivity index (χ0) is 7.40. The fourth-order valence-electron chi connectivity index (χ4n) is 0.659. The molecule has 0 atom stereocenters. The van der Waals surface area contributed by atoms with Gasteiger partial charge in [-0.05, 0) is 31.2 Å². The molecule has 0 fully saturated rings. The van der Waals surface area contributed by atoms with Crippen molar-refractivity contribution in [3.63, 3.8) is 0 Å². The normalized spacial score (nSPS) is 8.20. The molecule has 0 nitrogen and oxygen atoms in total. The van der Waals surface area contributed by atoms with Crippen LogP contribution in [-0.4, -0.2) is 0 Å². The fraction of sp³-hybridized carbons (Fsp3) is 0.111. The van der Waals surface area contributed by atoms with Crippen LogP contribution < -0.4 is 0 Å². The Balaban J connectivity index is 3.03. The molecule has 1 rings (SSSR count). The highest BCUT2D eigenvalue weighted by Crippen LogP contribution is 1.99. The maximum absolute atomic E-state index is 12.4. The summed E-state index contributed by atoms with van der Waals surface area (Å²) in [6.45, 7) is 1.71. The predicted molar refractivity (Wildman–Crippen MR) is 37.8 cm³/mol. The first-order valence-corrected chi connectivity index (χ1v) is 2.92. The number of hydrogen-bond donors (Lipinski definition) is 0. The molecule has 0 aliphatic heterocycles. The Morgan fingerprint density at radius 3 is 2.90 bits per heavy atom.